The van der Waals surface area contributed by atoms with E-state index in [1.807, 2.05) is 0 Å². The Labute approximate surface area is 565 Å². The van der Waals surface area contributed by atoms with Crippen molar-refractivity contribution >= 4 is 86.2 Å². The van der Waals surface area contributed by atoms with Gasteiger partial charge in [0.05, 0.1) is 0 Å². The Bertz CT molecular complexity index is 4910. The molecule has 0 nitrogen and oxygen atoms in total. The van der Waals surface area contributed by atoms with Crippen molar-refractivity contribution < 1.29 is 0 Å². The van der Waals surface area contributed by atoms with Crippen molar-refractivity contribution in [3.8, 4) is 89.0 Å². The number of hydrogen-bond acceptors (Lipinski definition) is 0. The van der Waals surface area contributed by atoms with Gasteiger partial charge >= 0.3 is 0 Å². The molecule has 96 heavy (non-hydrogen) atoms. The molecule has 0 N–H and O–H groups in total. The van der Waals surface area contributed by atoms with Gasteiger partial charge < -0.3 is 0 Å². The lowest BCUT2D eigenvalue weighted by molar-refractivity contribution is 1.39. The normalized spacial score (nSPS) is 12.2. The van der Waals surface area contributed by atoms with E-state index in [1.54, 1.807) is 0 Å². The molecule has 0 amide bonds. The summed E-state index contributed by atoms with van der Waals surface area (Å²) >= 11 is 0. The van der Waals surface area contributed by atoms with Crippen molar-refractivity contribution in [1.82, 2.24) is 0 Å². The Morgan fingerprint density at radius 3 is 0.271 bits per heavy atom. The van der Waals surface area contributed by atoms with Gasteiger partial charge in [0, 0.05) is 0 Å². The number of rotatable bonds is 8. The summed E-state index contributed by atoms with van der Waals surface area (Å²) in [7, 11) is 0. The molecule has 0 aliphatic heterocycles. The van der Waals surface area contributed by atoms with Crippen molar-refractivity contribution in [2.75, 3.05) is 0 Å². The molecule has 0 heterocycles. The average Bonchev–Trinajstić information content (AvgIpc) is 0.646. The molecule has 0 saturated heterocycles. The Balaban J connectivity index is 1.36. The molecule has 0 saturated carbocycles. The van der Waals surface area contributed by atoms with E-state index in [2.05, 4.69) is 305 Å². The summed E-state index contributed by atoms with van der Waals surface area (Å²) in [4.78, 5) is 0. The summed E-state index contributed by atoms with van der Waals surface area (Å²) in [5, 5.41) is 21.4. The number of hydrogen-bond donors (Lipinski definition) is 0. The van der Waals surface area contributed by atoms with E-state index < -0.39 is 0 Å². The fraction of sp³-hybridized carbons (Fsp3) is 0.167. The predicted molar refractivity (Wildman–Crippen MR) is 419 cm³/mol. The monoisotopic (exact) mass is 1230 g/mol. The van der Waals surface area contributed by atoms with Gasteiger partial charge in [-0.15, -0.1) is 0 Å². The quantitative estimate of drug-likeness (QED) is 0.133. The van der Waals surface area contributed by atoms with Crippen LogP contribution < -0.4 is 0 Å². The van der Waals surface area contributed by atoms with Crippen LogP contribution >= 0.6 is 0 Å². The minimum absolute atomic E-state index is 1.23. The van der Waals surface area contributed by atoms with Gasteiger partial charge in [-0.1, -0.05) is 239 Å². The van der Waals surface area contributed by atoms with E-state index in [4.69, 9.17) is 0 Å². The van der Waals surface area contributed by atoms with Crippen LogP contribution in [0.4, 0.5) is 0 Å². The molecule has 0 fully saturated rings. The maximum Gasteiger partial charge on any atom is -0.000397 e. The summed E-state index contributed by atoms with van der Waals surface area (Å²) in [6.45, 7) is 37.7. The topological polar surface area (TPSA) is 0 Å². The van der Waals surface area contributed by atoms with Gasteiger partial charge in [0.15, 0.2) is 0 Å². The van der Waals surface area contributed by atoms with Gasteiger partial charge in [-0.25, -0.2) is 0 Å². The molecule has 0 heteroatoms. The second-order valence-electron chi connectivity index (χ2n) is 28.9. The fourth-order valence-electron chi connectivity index (χ4n) is 17.6. The molecule has 0 aromatic heterocycles. The predicted octanol–water partition coefficient (Wildman–Crippen LogP) is 27.5. The molecular formula is C96H80. The molecule has 0 spiro atoms. The van der Waals surface area contributed by atoms with Gasteiger partial charge in [-0.05, 0) is 330 Å². The van der Waals surface area contributed by atoms with E-state index in [0.29, 0.717) is 0 Å². The Morgan fingerprint density at radius 2 is 0.188 bits per heavy atom. The van der Waals surface area contributed by atoms with Crippen molar-refractivity contribution in [2.24, 2.45) is 0 Å². The van der Waals surface area contributed by atoms with Gasteiger partial charge in [0.25, 0.3) is 0 Å². The summed E-state index contributed by atoms with van der Waals surface area (Å²) < 4.78 is 0. The van der Waals surface area contributed by atoms with E-state index in [1.165, 1.54) is 264 Å². The zero-order valence-electron chi connectivity index (χ0n) is 58.5. The van der Waals surface area contributed by atoms with Crippen LogP contribution in [0.1, 0.15) is 89.0 Å². The molecule has 0 aliphatic carbocycles. The first-order valence-corrected chi connectivity index (χ1v) is 34.6. The van der Waals surface area contributed by atoms with Crippen molar-refractivity contribution in [3.63, 3.8) is 0 Å². The van der Waals surface area contributed by atoms with Gasteiger partial charge in [0.2, 0.25) is 0 Å². The fourth-order valence-corrected chi connectivity index (χ4v) is 17.6. The van der Waals surface area contributed by atoms with Crippen molar-refractivity contribution in [2.45, 2.75) is 111 Å². The SMILES string of the molecule is Cc1ccc(-c2c(-c3ccc(C)cc3)c3c(C)c(C)c4c(-c5ccc(C)cc5)c(-c5ccc(C)cc5)c5c(C)c(C)c6c(-c7ccc(C)cc7)c(-c7ccc(C)cc7)c7c(C)c(C)c8c(-c9ccc(C)cc9)c(-c9ccc(C)cc9)c9c(C)c(C)c2c2c9c8c7c6c5c4c32)cc1. The van der Waals surface area contributed by atoms with Crippen LogP contribution in [0.5, 0.6) is 0 Å². The van der Waals surface area contributed by atoms with Crippen molar-refractivity contribution in [1.29, 1.82) is 0 Å². The van der Waals surface area contributed by atoms with Crippen LogP contribution in [0.2, 0.25) is 0 Å². The molecule has 0 atom stereocenters. The Kier molecular flexibility index (Phi) is 13.3. The maximum atomic E-state index is 2.48. The lowest BCUT2D eigenvalue weighted by Crippen LogP contribution is -2.07. The molecule has 0 aliphatic rings. The zero-order chi connectivity index (χ0) is 66.3. The van der Waals surface area contributed by atoms with Crippen LogP contribution in [0, 0.1) is 111 Å². The molecule has 0 radical (unpaired) electrons. The maximum absolute atomic E-state index is 2.48. The highest BCUT2D eigenvalue weighted by Gasteiger charge is 2.37. The molecule has 464 valence electrons. The minimum atomic E-state index is 1.23. The standard InChI is InChI=1S/C96H80/c1-49-17-33-65(34-18-49)81-73-57(9)58(10)75-83(67-37-21-51(3)22-38-67)85(69-41-25-53(5)26-42-69)77-61(13)62(14)79-87(71-45-29-55(7)30-46-71)88(72-47-31-56(8)32-48-72)80-64(16)63(15)78-86(70-43-27-54(6)28-44-70)84(68-39-23-52(4)24-40-68)76-60(12)59(11)74(82(81)66-35-19-50(2)20-36-66)90-89(73)91(75)93(77)95(79)96(80)94(78)92(76)90/h17-48H,1-16H3. The third kappa shape index (κ3) is 8.33. The highest BCUT2D eigenvalue weighted by Crippen LogP contribution is 2.64. The highest BCUT2D eigenvalue weighted by atomic mass is 14.4. The van der Waals surface area contributed by atoms with Gasteiger partial charge in [0.1, 0.15) is 0 Å². The summed E-state index contributed by atoms with van der Waals surface area (Å²) in [6.07, 6.45) is 0. The third-order valence-electron chi connectivity index (χ3n) is 23.0. The van der Waals surface area contributed by atoms with E-state index >= 15 is 0 Å². The Hall–Kier alpha value is -10.4. The molecule has 17 aromatic carbocycles. The first-order valence-electron chi connectivity index (χ1n) is 34.6. The van der Waals surface area contributed by atoms with E-state index in [9.17, 15) is 0 Å². The second kappa shape index (κ2) is 21.6. The van der Waals surface area contributed by atoms with Gasteiger partial charge in [-0.3, -0.25) is 0 Å². The van der Waals surface area contributed by atoms with Crippen molar-refractivity contribution in [3.05, 3.63) is 283 Å². The highest BCUT2D eigenvalue weighted by molar-refractivity contribution is 6.53. The molecule has 17 rings (SSSR count). The zero-order valence-corrected chi connectivity index (χ0v) is 58.5. The third-order valence-corrected chi connectivity index (χ3v) is 23.0. The minimum Gasteiger partial charge on any atom is -0.0587 e. The smallest absolute Gasteiger partial charge is 0.000397 e. The summed E-state index contributed by atoms with van der Waals surface area (Å²) in [5.41, 5.74) is 40.7. The lowest BCUT2D eigenvalue weighted by atomic mass is 9.69. The summed E-state index contributed by atoms with van der Waals surface area (Å²) in [5.74, 6) is 0. The van der Waals surface area contributed by atoms with E-state index in [0.717, 1.165) is 0 Å². The Morgan fingerprint density at radius 1 is 0.104 bits per heavy atom. The van der Waals surface area contributed by atoms with Crippen LogP contribution in [-0.2, 0) is 0 Å². The number of benzene rings is 16. The van der Waals surface area contributed by atoms with E-state index in [-0.39, 0.29) is 0 Å². The van der Waals surface area contributed by atoms with Crippen LogP contribution in [0.25, 0.3) is 175 Å². The second-order valence-corrected chi connectivity index (χ2v) is 28.9. The number of aryl methyl sites for hydroxylation is 16. The molecule has 0 bridgehead atoms. The van der Waals surface area contributed by atoms with Crippen LogP contribution in [0.15, 0.2) is 194 Å². The molecule has 0 unspecified atom stereocenters. The van der Waals surface area contributed by atoms with Crippen LogP contribution in [0.3, 0.4) is 0 Å². The summed E-state index contributed by atoms with van der Waals surface area (Å²) in [6, 6.07) is 76.3. The molecule has 17 aromatic rings. The molecular weight excluding hydrogens is 1150 g/mol. The average molecular weight is 1230 g/mol. The van der Waals surface area contributed by atoms with Crippen LogP contribution in [-0.4, -0.2) is 0 Å². The lowest BCUT2D eigenvalue weighted by Gasteiger charge is -2.33. The largest absolute Gasteiger partial charge is 0.0587 e. The first kappa shape index (κ1) is 59.4. The van der Waals surface area contributed by atoms with Gasteiger partial charge in [-0.2, -0.15) is 0 Å². The first-order chi connectivity index (χ1) is 46.3.